The standard InChI is InChI=1S/C19H15BrCl2N6O/c1-10-5-11(2)28-18(24-10)13(7-23-28)19(29)25-17-14(20)9-27(26-17)8-12-3-4-15(21)16(22)6-12/h3-7,9H,8H2,1-2H3,(H,25,26,29). The summed E-state index contributed by atoms with van der Waals surface area (Å²) in [7, 11) is 0. The highest BCUT2D eigenvalue weighted by atomic mass is 79.9. The van der Waals surface area contributed by atoms with Crippen LogP contribution in [-0.4, -0.2) is 30.3 Å². The molecule has 0 fully saturated rings. The number of nitrogens with one attached hydrogen (secondary N) is 1. The molecule has 0 saturated carbocycles. The van der Waals surface area contributed by atoms with Gasteiger partial charge >= 0.3 is 0 Å². The van der Waals surface area contributed by atoms with Gasteiger partial charge in [-0.15, -0.1) is 0 Å². The van der Waals surface area contributed by atoms with Gasteiger partial charge in [0.25, 0.3) is 5.91 Å². The Morgan fingerprint density at radius 2 is 2.00 bits per heavy atom. The number of fused-ring (bicyclic) bond motifs is 1. The quantitative estimate of drug-likeness (QED) is 0.438. The van der Waals surface area contributed by atoms with Crippen molar-refractivity contribution in [3.63, 3.8) is 0 Å². The summed E-state index contributed by atoms with van der Waals surface area (Å²) in [6.45, 7) is 4.27. The van der Waals surface area contributed by atoms with E-state index < -0.39 is 0 Å². The molecule has 0 spiro atoms. The van der Waals surface area contributed by atoms with Crippen molar-refractivity contribution in [2.45, 2.75) is 20.4 Å². The number of nitrogens with zero attached hydrogens (tertiary/aromatic N) is 5. The highest BCUT2D eigenvalue weighted by Crippen LogP contribution is 2.25. The van der Waals surface area contributed by atoms with Crippen LogP contribution in [0.25, 0.3) is 5.65 Å². The van der Waals surface area contributed by atoms with Crippen LogP contribution >= 0.6 is 39.1 Å². The van der Waals surface area contributed by atoms with Gasteiger partial charge in [0.05, 0.1) is 27.3 Å². The maximum absolute atomic E-state index is 12.8. The third-order valence-electron chi connectivity index (χ3n) is 4.30. The molecule has 29 heavy (non-hydrogen) atoms. The van der Waals surface area contributed by atoms with Gasteiger partial charge in [-0.2, -0.15) is 10.2 Å². The van der Waals surface area contributed by atoms with Crippen molar-refractivity contribution >= 4 is 56.5 Å². The van der Waals surface area contributed by atoms with Crippen molar-refractivity contribution in [1.29, 1.82) is 0 Å². The predicted octanol–water partition coefficient (Wildman–Crippen LogP) is 4.91. The lowest BCUT2D eigenvalue weighted by atomic mass is 10.2. The van der Waals surface area contributed by atoms with Gasteiger partial charge in [-0.3, -0.25) is 9.48 Å². The Hall–Kier alpha value is -2.42. The Bertz CT molecular complexity index is 1250. The lowest BCUT2D eigenvalue weighted by Crippen LogP contribution is -2.13. The molecule has 1 amide bonds. The van der Waals surface area contributed by atoms with Crippen molar-refractivity contribution in [2.75, 3.05) is 5.32 Å². The van der Waals surface area contributed by atoms with E-state index in [1.165, 1.54) is 6.20 Å². The van der Waals surface area contributed by atoms with Crippen LogP contribution < -0.4 is 5.32 Å². The van der Waals surface area contributed by atoms with Crippen LogP contribution in [0.15, 0.2) is 41.1 Å². The largest absolute Gasteiger partial charge is 0.304 e. The fourth-order valence-electron chi connectivity index (χ4n) is 2.99. The molecule has 0 aliphatic carbocycles. The van der Waals surface area contributed by atoms with Crippen LogP contribution in [0.3, 0.4) is 0 Å². The zero-order chi connectivity index (χ0) is 20.7. The molecular formula is C19H15BrCl2N6O. The van der Waals surface area contributed by atoms with E-state index >= 15 is 0 Å². The predicted molar refractivity (Wildman–Crippen MR) is 116 cm³/mol. The van der Waals surface area contributed by atoms with Gasteiger partial charge < -0.3 is 5.32 Å². The number of rotatable bonds is 4. The van der Waals surface area contributed by atoms with Crippen LogP contribution in [0.4, 0.5) is 5.82 Å². The lowest BCUT2D eigenvalue weighted by molar-refractivity contribution is 0.102. The molecule has 0 saturated heterocycles. The maximum Gasteiger partial charge on any atom is 0.262 e. The Morgan fingerprint density at radius 3 is 2.76 bits per heavy atom. The molecule has 0 aliphatic rings. The normalized spacial score (nSPS) is 11.2. The summed E-state index contributed by atoms with van der Waals surface area (Å²) in [5, 5.41) is 12.5. The van der Waals surface area contributed by atoms with Crippen LogP contribution in [0.2, 0.25) is 10.0 Å². The summed E-state index contributed by atoms with van der Waals surface area (Å²) in [6, 6.07) is 7.30. The molecule has 1 N–H and O–H groups in total. The van der Waals surface area contributed by atoms with Gasteiger partial charge in [0.2, 0.25) is 0 Å². The molecule has 0 radical (unpaired) electrons. The van der Waals surface area contributed by atoms with E-state index in [9.17, 15) is 4.79 Å². The number of aryl methyl sites for hydroxylation is 2. The fourth-order valence-corrected chi connectivity index (χ4v) is 3.73. The second kappa shape index (κ2) is 7.78. The van der Waals surface area contributed by atoms with Crippen molar-refractivity contribution < 1.29 is 4.79 Å². The number of halogens is 3. The molecule has 4 aromatic rings. The zero-order valence-corrected chi connectivity index (χ0v) is 18.5. The molecule has 0 atom stereocenters. The highest BCUT2D eigenvalue weighted by Gasteiger charge is 2.18. The number of hydrogen-bond donors (Lipinski definition) is 1. The monoisotopic (exact) mass is 492 g/mol. The topological polar surface area (TPSA) is 77.1 Å². The summed E-state index contributed by atoms with van der Waals surface area (Å²) in [4.78, 5) is 17.2. The number of amides is 1. The lowest BCUT2D eigenvalue weighted by Gasteiger charge is -2.04. The van der Waals surface area contributed by atoms with Gasteiger partial charge in [0.1, 0.15) is 5.56 Å². The molecule has 0 unspecified atom stereocenters. The molecule has 3 heterocycles. The Balaban J connectivity index is 1.57. The van der Waals surface area contributed by atoms with Crippen molar-refractivity contribution in [3.8, 4) is 0 Å². The van der Waals surface area contributed by atoms with Crippen molar-refractivity contribution in [2.24, 2.45) is 0 Å². The number of aromatic nitrogens is 5. The minimum absolute atomic E-state index is 0.335. The molecule has 0 bridgehead atoms. The molecule has 7 nitrogen and oxygen atoms in total. The summed E-state index contributed by atoms with van der Waals surface area (Å²) < 4.78 is 3.99. The third kappa shape index (κ3) is 4.01. The van der Waals surface area contributed by atoms with E-state index in [2.05, 4.69) is 36.4 Å². The van der Waals surface area contributed by atoms with E-state index in [0.29, 0.717) is 38.1 Å². The minimum atomic E-state index is -0.335. The molecule has 3 aromatic heterocycles. The van der Waals surface area contributed by atoms with Crippen molar-refractivity contribution in [1.82, 2.24) is 24.4 Å². The first kappa shape index (κ1) is 19.9. The summed E-state index contributed by atoms with van der Waals surface area (Å²) in [5.41, 5.74) is 3.54. The molecule has 1 aromatic carbocycles. The number of carbonyl (C=O) groups excluding carboxylic acids is 1. The average molecular weight is 494 g/mol. The minimum Gasteiger partial charge on any atom is -0.304 e. The van der Waals surface area contributed by atoms with Gasteiger partial charge in [-0.1, -0.05) is 29.3 Å². The Kier molecular flexibility index (Phi) is 5.33. The number of anilines is 1. The SMILES string of the molecule is Cc1cc(C)n2ncc(C(=O)Nc3nn(Cc4ccc(Cl)c(Cl)c4)cc3Br)c2n1. The first-order valence-corrected chi connectivity index (χ1v) is 10.2. The Labute approximate surface area is 184 Å². The fraction of sp³-hybridized carbons (Fsp3) is 0.158. The van der Waals surface area contributed by atoms with E-state index in [4.69, 9.17) is 23.2 Å². The molecule has 148 valence electrons. The maximum atomic E-state index is 12.8. The zero-order valence-electron chi connectivity index (χ0n) is 15.4. The van der Waals surface area contributed by atoms with Crippen LogP contribution in [-0.2, 0) is 6.54 Å². The van der Waals surface area contributed by atoms with E-state index in [0.717, 1.165) is 17.0 Å². The smallest absolute Gasteiger partial charge is 0.262 e. The first-order chi connectivity index (χ1) is 13.8. The number of benzene rings is 1. The summed E-state index contributed by atoms with van der Waals surface area (Å²) in [6.07, 6.45) is 3.28. The summed E-state index contributed by atoms with van der Waals surface area (Å²) in [5.74, 6) is 0.0665. The van der Waals surface area contributed by atoms with Gasteiger partial charge in [-0.05, 0) is 53.5 Å². The van der Waals surface area contributed by atoms with Crippen LogP contribution in [0, 0.1) is 13.8 Å². The van der Waals surface area contributed by atoms with Crippen molar-refractivity contribution in [3.05, 3.63) is 73.7 Å². The summed E-state index contributed by atoms with van der Waals surface area (Å²) >= 11 is 15.5. The van der Waals surface area contributed by atoms with Crippen LogP contribution in [0.1, 0.15) is 27.3 Å². The van der Waals surface area contributed by atoms with Gasteiger partial charge in [0.15, 0.2) is 11.5 Å². The average Bonchev–Trinajstić information content (AvgIpc) is 3.22. The number of hydrogen-bond acceptors (Lipinski definition) is 4. The second-order valence-electron chi connectivity index (χ2n) is 6.56. The molecular weight excluding hydrogens is 479 g/mol. The molecule has 4 rings (SSSR count). The van der Waals surface area contributed by atoms with Gasteiger partial charge in [-0.25, -0.2) is 9.50 Å². The van der Waals surface area contributed by atoms with Crippen LogP contribution in [0.5, 0.6) is 0 Å². The highest BCUT2D eigenvalue weighted by molar-refractivity contribution is 9.10. The van der Waals surface area contributed by atoms with E-state index in [1.807, 2.05) is 26.0 Å². The number of carbonyl (C=O) groups is 1. The first-order valence-electron chi connectivity index (χ1n) is 8.62. The van der Waals surface area contributed by atoms with E-state index in [1.54, 1.807) is 27.5 Å². The van der Waals surface area contributed by atoms with E-state index in [-0.39, 0.29) is 5.91 Å². The molecule has 10 heteroatoms. The molecule has 0 aliphatic heterocycles. The third-order valence-corrected chi connectivity index (χ3v) is 5.62. The van der Waals surface area contributed by atoms with Gasteiger partial charge in [0, 0.05) is 17.6 Å². The Morgan fingerprint density at radius 1 is 1.21 bits per heavy atom. The second-order valence-corrected chi connectivity index (χ2v) is 8.23.